The quantitative estimate of drug-likeness (QED) is 0.155. The summed E-state index contributed by atoms with van der Waals surface area (Å²) in [4.78, 5) is 41.2. The van der Waals surface area contributed by atoms with E-state index in [0.717, 1.165) is 36.6 Å². The molecule has 194 valence electrons. The summed E-state index contributed by atoms with van der Waals surface area (Å²) in [5.41, 5.74) is 0.355. The molecule has 1 atom stereocenters. The summed E-state index contributed by atoms with van der Waals surface area (Å²) in [5, 5.41) is 16.6. The van der Waals surface area contributed by atoms with Crippen molar-refractivity contribution in [3.63, 3.8) is 0 Å². The molecule has 1 heterocycles. The highest BCUT2D eigenvalue weighted by Crippen LogP contribution is 2.32. The van der Waals surface area contributed by atoms with E-state index < -0.39 is 17.0 Å². The number of benzene rings is 2. The highest BCUT2D eigenvalue weighted by atomic mass is 79.9. The van der Waals surface area contributed by atoms with Crippen LogP contribution in [-0.4, -0.2) is 39.5 Å². The molecular weight excluding hydrogens is 544 g/mol. The summed E-state index contributed by atoms with van der Waals surface area (Å²) in [6, 6.07) is 9.62. The molecule has 2 aromatic carbocycles. The fraction of sp³-hybridized carbons (Fsp3) is 0.385. The molecule has 0 spiro atoms. The first kappa shape index (κ1) is 26.5. The van der Waals surface area contributed by atoms with E-state index in [1.165, 1.54) is 29.9 Å². The Labute approximate surface area is 221 Å². The molecule has 0 unspecified atom stereocenters. The number of nitro groups is 1. The number of hydrogen-bond acceptors (Lipinski definition) is 8. The van der Waals surface area contributed by atoms with Gasteiger partial charge >= 0.3 is 11.7 Å². The maximum absolute atomic E-state index is 13.4. The Balaban J connectivity index is 1.72. The van der Waals surface area contributed by atoms with Crippen LogP contribution in [0.15, 0.2) is 50.8 Å². The van der Waals surface area contributed by atoms with Gasteiger partial charge in [0.25, 0.3) is 5.56 Å². The summed E-state index contributed by atoms with van der Waals surface area (Å²) in [5.74, 6) is 0.00194. The number of ether oxygens (including phenoxy) is 2. The minimum Gasteiger partial charge on any atom is -0.472 e. The molecule has 11 heteroatoms. The number of esters is 1. The molecule has 1 aromatic heterocycles. The van der Waals surface area contributed by atoms with Gasteiger partial charge in [0.2, 0.25) is 0 Å². The van der Waals surface area contributed by atoms with Gasteiger partial charge in [-0.1, -0.05) is 35.2 Å². The number of halogens is 1. The van der Waals surface area contributed by atoms with Gasteiger partial charge in [-0.15, -0.1) is 0 Å². The van der Waals surface area contributed by atoms with Crippen molar-refractivity contribution < 1.29 is 19.2 Å². The largest absolute Gasteiger partial charge is 0.472 e. The van der Waals surface area contributed by atoms with Gasteiger partial charge in [-0.05, 0) is 57.0 Å². The molecular formula is C26H27BrN4O6. The van der Waals surface area contributed by atoms with Gasteiger partial charge in [0.1, 0.15) is 5.82 Å². The smallest absolute Gasteiger partial charge is 0.347 e. The molecule has 37 heavy (non-hydrogen) atoms. The third-order valence-electron chi connectivity index (χ3n) is 6.23. The van der Waals surface area contributed by atoms with Crippen LogP contribution in [-0.2, 0) is 9.53 Å². The lowest BCUT2D eigenvalue weighted by Crippen LogP contribution is -2.26. The van der Waals surface area contributed by atoms with Crippen LogP contribution in [0.3, 0.4) is 0 Å². The average molecular weight is 571 g/mol. The number of fused-ring (bicyclic) bond motifs is 1. The molecule has 0 N–H and O–H groups in total. The van der Waals surface area contributed by atoms with Crippen molar-refractivity contribution in [3.05, 3.63) is 72.7 Å². The van der Waals surface area contributed by atoms with Crippen LogP contribution in [0.25, 0.3) is 10.9 Å². The average Bonchev–Trinajstić information content (AvgIpc) is 2.89. The maximum Gasteiger partial charge on any atom is 0.347 e. The van der Waals surface area contributed by atoms with E-state index in [1.807, 2.05) is 6.07 Å². The van der Waals surface area contributed by atoms with Crippen molar-refractivity contribution in [2.24, 2.45) is 5.10 Å². The number of nitro benzene ring substituents is 1. The van der Waals surface area contributed by atoms with E-state index >= 15 is 0 Å². The van der Waals surface area contributed by atoms with Gasteiger partial charge in [-0.3, -0.25) is 14.9 Å². The lowest BCUT2D eigenvalue weighted by atomic mass is 9.88. The number of carbonyl (C=O) groups excluding carboxylic acids is 1. The SMILES string of the molecule is CCOC(=O)[C@@H](C)Oc1ccc(C=Nn2c(C3CCCCC3)nc3ccc(Br)cc3c2=O)cc1[N+](=O)[O-]. The number of carbonyl (C=O) groups is 1. The molecule has 10 nitrogen and oxygen atoms in total. The zero-order valence-corrected chi connectivity index (χ0v) is 22.1. The van der Waals surface area contributed by atoms with Crippen LogP contribution in [0.1, 0.15) is 63.3 Å². The Bertz CT molecular complexity index is 1410. The van der Waals surface area contributed by atoms with Crippen molar-refractivity contribution in [2.75, 3.05) is 6.61 Å². The molecule has 1 aliphatic rings. The Morgan fingerprint density at radius 1 is 1.27 bits per heavy atom. The Kier molecular flexibility index (Phi) is 8.32. The second-order valence-electron chi connectivity index (χ2n) is 8.82. The second kappa shape index (κ2) is 11.6. The molecule has 0 bridgehead atoms. The normalized spacial score (nSPS) is 15.1. The molecule has 3 aromatic rings. The van der Waals surface area contributed by atoms with E-state index in [9.17, 15) is 19.7 Å². The van der Waals surface area contributed by atoms with E-state index in [1.54, 1.807) is 25.1 Å². The number of aromatic nitrogens is 2. The Hall–Kier alpha value is -3.60. The van der Waals surface area contributed by atoms with E-state index in [0.29, 0.717) is 22.3 Å². The molecule has 1 saturated carbocycles. The fourth-order valence-corrected chi connectivity index (χ4v) is 4.74. The van der Waals surface area contributed by atoms with Crippen molar-refractivity contribution in [1.82, 2.24) is 9.66 Å². The first-order valence-corrected chi connectivity index (χ1v) is 13.0. The van der Waals surface area contributed by atoms with Gasteiger partial charge in [-0.25, -0.2) is 9.78 Å². The summed E-state index contributed by atoms with van der Waals surface area (Å²) in [6.07, 6.45) is 5.47. The van der Waals surface area contributed by atoms with Gasteiger partial charge in [-0.2, -0.15) is 9.78 Å². The summed E-state index contributed by atoms with van der Waals surface area (Å²) in [6.45, 7) is 3.30. The third-order valence-corrected chi connectivity index (χ3v) is 6.72. The highest BCUT2D eigenvalue weighted by Gasteiger charge is 2.24. The predicted molar refractivity (Wildman–Crippen MR) is 142 cm³/mol. The van der Waals surface area contributed by atoms with Gasteiger partial charge in [0.15, 0.2) is 11.9 Å². The molecule has 0 aliphatic heterocycles. The zero-order valence-electron chi connectivity index (χ0n) is 20.6. The van der Waals surface area contributed by atoms with Crippen LogP contribution in [0.2, 0.25) is 0 Å². The Morgan fingerprint density at radius 2 is 2.03 bits per heavy atom. The van der Waals surface area contributed by atoms with Gasteiger partial charge in [0.05, 0.1) is 28.6 Å². The number of hydrogen-bond donors (Lipinski definition) is 0. The summed E-state index contributed by atoms with van der Waals surface area (Å²) >= 11 is 3.41. The van der Waals surface area contributed by atoms with Crippen LogP contribution < -0.4 is 10.3 Å². The van der Waals surface area contributed by atoms with Gasteiger partial charge in [0, 0.05) is 22.0 Å². The van der Waals surface area contributed by atoms with Crippen LogP contribution in [0.5, 0.6) is 5.75 Å². The first-order valence-electron chi connectivity index (χ1n) is 12.2. The summed E-state index contributed by atoms with van der Waals surface area (Å²) in [7, 11) is 0. The predicted octanol–water partition coefficient (Wildman–Crippen LogP) is 5.33. The lowest BCUT2D eigenvalue weighted by molar-refractivity contribution is -0.386. The maximum atomic E-state index is 13.4. The van der Waals surface area contributed by atoms with E-state index in [2.05, 4.69) is 21.0 Å². The second-order valence-corrected chi connectivity index (χ2v) is 9.74. The fourth-order valence-electron chi connectivity index (χ4n) is 4.38. The summed E-state index contributed by atoms with van der Waals surface area (Å²) < 4.78 is 12.4. The minimum atomic E-state index is -1.02. The lowest BCUT2D eigenvalue weighted by Gasteiger charge is -2.22. The van der Waals surface area contributed by atoms with Crippen molar-refractivity contribution >= 4 is 44.7 Å². The molecule has 0 radical (unpaired) electrons. The molecule has 0 saturated heterocycles. The molecule has 1 aliphatic carbocycles. The minimum absolute atomic E-state index is 0.0695. The van der Waals surface area contributed by atoms with Gasteiger partial charge < -0.3 is 9.47 Å². The highest BCUT2D eigenvalue weighted by molar-refractivity contribution is 9.10. The van der Waals surface area contributed by atoms with E-state index in [-0.39, 0.29) is 29.5 Å². The first-order chi connectivity index (χ1) is 17.8. The van der Waals surface area contributed by atoms with Crippen LogP contribution in [0, 0.1) is 10.1 Å². The topological polar surface area (TPSA) is 126 Å². The molecule has 1 fully saturated rings. The van der Waals surface area contributed by atoms with Crippen molar-refractivity contribution in [1.29, 1.82) is 0 Å². The number of rotatable bonds is 8. The molecule has 0 amide bonds. The van der Waals surface area contributed by atoms with Crippen molar-refractivity contribution in [3.8, 4) is 5.75 Å². The molecule has 4 rings (SSSR count). The van der Waals surface area contributed by atoms with Crippen molar-refractivity contribution in [2.45, 2.75) is 58.0 Å². The monoisotopic (exact) mass is 570 g/mol. The zero-order chi connectivity index (χ0) is 26.5. The third kappa shape index (κ3) is 6.04. The number of nitrogens with zero attached hydrogens (tertiary/aromatic N) is 4. The standard InChI is InChI=1S/C26H27BrN4O6/c1-3-36-26(33)16(2)37-23-12-9-17(13-22(23)31(34)35)15-28-30-24(18-7-5-4-6-8-18)29-21-11-10-19(27)14-20(21)25(30)32/h9-16,18H,3-8H2,1-2H3/t16-/m1/s1. The van der Waals surface area contributed by atoms with Crippen LogP contribution in [0.4, 0.5) is 5.69 Å². The van der Waals surface area contributed by atoms with Crippen LogP contribution >= 0.6 is 15.9 Å². The Morgan fingerprint density at radius 3 is 2.73 bits per heavy atom. The van der Waals surface area contributed by atoms with E-state index in [4.69, 9.17) is 14.5 Å².